The van der Waals surface area contributed by atoms with Gasteiger partial charge in [-0.05, 0) is 100 Å². The molecule has 0 radical (unpaired) electrons. The molecule has 0 unspecified atom stereocenters. The molecule has 5 N–H and O–H groups in total. The van der Waals surface area contributed by atoms with E-state index in [1.807, 2.05) is 62.3 Å². The molecule has 0 aromatic rings. The van der Waals surface area contributed by atoms with E-state index in [2.05, 4.69) is 33.2 Å². The topological polar surface area (TPSA) is 288 Å². The molecule has 91 heavy (non-hydrogen) atoms. The van der Waals surface area contributed by atoms with Gasteiger partial charge in [0, 0.05) is 62.8 Å². The third-order valence-corrected chi connectivity index (χ3v) is 17.3. The van der Waals surface area contributed by atoms with E-state index in [0.29, 0.717) is 13.0 Å². The molecule has 0 saturated carbocycles. The maximum absolute atomic E-state index is 15.3. The van der Waals surface area contributed by atoms with Crippen LogP contribution in [0.5, 0.6) is 0 Å². The van der Waals surface area contributed by atoms with Gasteiger partial charge in [0.05, 0.1) is 0 Å². The quantitative estimate of drug-likeness (QED) is 0.0801. The minimum atomic E-state index is -1.24. The molecule has 1 aliphatic heterocycles. The second-order valence-electron chi connectivity index (χ2n) is 28.0. The zero-order valence-corrected chi connectivity index (χ0v) is 60.0. The number of carbonyl (C=O) groups is 12. The van der Waals surface area contributed by atoms with E-state index in [1.54, 1.807) is 34.6 Å². The van der Waals surface area contributed by atoms with E-state index in [1.165, 1.54) is 94.6 Å². The number of amides is 12. The van der Waals surface area contributed by atoms with Crippen molar-refractivity contribution in [1.29, 1.82) is 0 Å². The van der Waals surface area contributed by atoms with Crippen molar-refractivity contribution in [2.24, 2.45) is 41.4 Å². The van der Waals surface area contributed by atoms with Gasteiger partial charge in [-0.2, -0.15) is 0 Å². The molecule has 0 aromatic heterocycles. The monoisotopic (exact) mass is 1280 g/mol. The van der Waals surface area contributed by atoms with Gasteiger partial charge in [-0.3, -0.25) is 57.5 Å². The maximum Gasteiger partial charge on any atom is 0.270 e. The molecule has 1 fully saturated rings. The van der Waals surface area contributed by atoms with Crippen LogP contribution in [0.1, 0.15) is 188 Å². The molecule has 24 nitrogen and oxygen atoms in total. The number of hydrogen-bond acceptors (Lipinski definition) is 12. The van der Waals surface area contributed by atoms with Crippen LogP contribution in [0.15, 0.2) is 12.3 Å². The maximum atomic E-state index is 15.3. The zero-order chi connectivity index (χ0) is 70.4. The van der Waals surface area contributed by atoms with Crippen molar-refractivity contribution < 1.29 is 57.5 Å². The van der Waals surface area contributed by atoms with E-state index < -0.39 is 137 Å². The Morgan fingerprint density at radius 3 is 1.33 bits per heavy atom. The van der Waals surface area contributed by atoms with Crippen LogP contribution >= 0.6 is 0 Å². The van der Waals surface area contributed by atoms with Crippen LogP contribution in [0.25, 0.3) is 0 Å². The number of hydrogen-bond donors (Lipinski definition) is 5. The SMILES string of the molecule is C=C1C(=O)N(C)[C@@H](CC(C)C)C(=O)N[C@H](C(C)C)C(=O)N(C)[C@H](CC(C)C)C(=O)N[C@H](C)C(=O)N[C@@H](C)C(=O)N(C)[C@@H](CC(C)C)C(=O)N(C)[C@@H](CC(C)C)C(=O)N(C)[C@@H](C(C)C)C(=O)N(C)[C@@H](C[C@H](C)CCCCCCNC(C)=O)C(=O)N[C@@H](CC)C(=O)N1C. The molecule has 1 aliphatic rings. The number of carbonyl (C=O) groups excluding carboxylic acids is 12. The van der Waals surface area contributed by atoms with Gasteiger partial charge in [0.25, 0.3) is 5.91 Å². The average molecular weight is 1290 g/mol. The molecule has 12 amide bonds. The highest BCUT2D eigenvalue weighted by molar-refractivity contribution is 6.02. The summed E-state index contributed by atoms with van der Waals surface area (Å²) in [4.78, 5) is 182. The van der Waals surface area contributed by atoms with Crippen molar-refractivity contribution >= 4 is 70.9 Å². The van der Waals surface area contributed by atoms with E-state index in [9.17, 15) is 38.4 Å². The molecule has 0 bridgehead atoms. The van der Waals surface area contributed by atoms with Gasteiger partial charge >= 0.3 is 0 Å². The third-order valence-electron chi connectivity index (χ3n) is 17.3. The van der Waals surface area contributed by atoms with Crippen molar-refractivity contribution in [3.05, 3.63) is 12.3 Å². The van der Waals surface area contributed by atoms with Crippen LogP contribution in [-0.4, -0.2) is 221 Å². The van der Waals surface area contributed by atoms with Crippen LogP contribution in [0.3, 0.4) is 0 Å². The van der Waals surface area contributed by atoms with E-state index in [4.69, 9.17) is 0 Å². The molecule has 1 saturated heterocycles. The lowest BCUT2D eigenvalue weighted by Gasteiger charge is -2.41. The highest BCUT2D eigenvalue weighted by Crippen LogP contribution is 2.26. The molecular formula is C67H120N12O12. The molecule has 0 spiro atoms. The predicted molar refractivity (Wildman–Crippen MR) is 354 cm³/mol. The van der Waals surface area contributed by atoms with Crippen molar-refractivity contribution in [3.63, 3.8) is 0 Å². The van der Waals surface area contributed by atoms with Crippen LogP contribution in [0.4, 0.5) is 0 Å². The Bertz CT molecular complexity index is 2500. The Labute approximate surface area is 545 Å². The minimum Gasteiger partial charge on any atom is -0.356 e. The summed E-state index contributed by atoms with van der Waals surface area (Å²) in [5.41, 5.74) is -0.321. The van der Waals surface area contributed by atoms with Crippen molar-refractivity contribution in [1.82, 2.24) is 60.9 Å². The Kier molecular flexibility index (Phi) is 34.8. The summed E-state index contributed by atoms with van der Waals surface area (Å²) in [6.07, 6.45) is 4.78. The van der Waals surface area contributed by atoms with Gasteiger partial charge in [-0.25, -0.2) is 0 Å². The van der Waals surface area contributed by atoms with Crippen LogP contribution in [0.2, 0.25) is 0 Å². The fourth-order valence-electron chi connectivity index (χ4n) is 11.5. The van der Waals surface area contributed by atoms with Crippen molar-refractivity contribution in [2.75, 3.05) is 55.9 Å². The first kappa shape index (κ1) is 82.4. The highest BCUT2D eigenvalue weighted by Gasteiger charge is 2.44. The molecule has 0 aliphatic carbocycles. The Morgan fingerprint density at radius 2 is 0.857 bits per heavy atom. The Hall–Kier alpha value is -6.62. The molecule has 11 atom stereocenters. The molecule has 520 valence electrons. The number of likely N-dealkylation sites (N-methyl/N-ethyl adjacent to an activating group) is 7. The summed E-state index contributed by atoms with van der Waals surface area (Å²) in [5, 5.41) is 13.9. The largest absolute Gasteiger partial charge is 0.356 e. The van der Waals surface area contributed by atoms with E-state index in [0.717, 1.165) is 35.5 Å². The standard InChI is InChI=1S/C67H120N12O12/c1-26-49-63(87)73(19)47(17)62(86)74(20)51(34-39(4)5)60(84)72-55(42(10)11)66(90)75(21)50(33-38(2)3)58(82)69-45(15)57(81)70-46(16)61(85)77(23)53(35-40(6)7)64(88)78(24)54(36-41(8)9)65(89)79(25)56(43(12)13)67(91)76(22)52(59(83)71-49)37-44(14)31-29-27-28-30-32-68-48(18)80/h38-46,49-56H,17,26-37H2,1-16,18-25H3,(H,68,80)(H,69,82)(H,70,81)(H,71,83)(H,72,84)/t44-,45-,46+,49+,50-,51+,52+,53+,54+,55-,56+/m1/s1. The third kappa shape index (κ3) is 24.7. The smallest absolute Gasteiger partial charge is 0.270 e. The van der Waals surface area contributed by atoms with Gasteiger partial charge in [-0.1, -0.05) is 129 Å². The Morgan fingerprint density at radius 1 is 0.451 bits per heavy atom. The fourth-order valence-corrected chi connectivity index (χ4v) is 11.5. The lowest BCUT2D eigenvalue weighted by molar-refractivity contribution is -0.156. The minimum absolute atomic E-state index is 0.0478. The van der Waals surface area contributed by atoms with Crippen LogP contribution in [-0.2, 0) is 57.5 Å². The summed E-state index contributed by atoms with van der Waals surface area (Å²) >= 11 is 0. The average Bonchev–Trinajstić information content (AvgIpc) is 0.838. The first-order valence-corrected chi connectivity index (χ1v) is 33.1. The first-order valence-electron chi connectivity index (χ1n) is 33.1. The number of nitrogens with one attached hydrogen (secondary N) is 5. The van der Waals surface area contributed by atoms with E-state index >= 15 is 19.2 Å². The van der Waals surface area contributed by atoms with Crippen LogP contribution in [0, 0.1) is 41.4 Å². The molecular weight excluding hydrogens is 1160 g/mol. The van der Waals surface area contributed by atoms with Crippen LogP contribution < -0.4 is 26.6 Å². The lowest BCUT2D eigenvalue weighted by atomic mass is 9.92. The first-order chi connectivity index (χ1) is 42.1. The van der Waals surface area contributed by atoms with Gasteiger partial charge in [0.15, 0.2) is 0 Å². The number of rotatable bonds is 20. The van der Waals surface area contributed by atoms with E-state index in [-0.39, 0.29) is 79.7 Å². The normalized spacial score (nSPS) is 25.4. The molecule has 0 aromatic carbocycles. The summed E-state index contributed by atoms with van der Waals surface area (Å²) < 4.78 is 0. The zero-order valence-electron chi connectivity index (χ0n) is 60.0. The van der Waals surface area contributed by atoms with Crippen molar-refractivity contribution in [2.45, 2.75) is 249 Å². The molecule has 1 rings (SSSR count). The fraction of sp³-hybridized carbons (Fsp3) is 0.791. The van der Waals surface area contributed by atoms with Crippen molar-refractivity contribution in [3.8, 4) is 0 Å². The summed E-state index contributed by atoms with van der Waals surface area (Å²) in [6, 6.07) is -11.8. The highest BCUT2D eigenvalue weighted by atomic mass is 16.2. The predicted octanol–water partition coefficient (Wildman–Crippen LogP) is 4.93. The summed E-state index contributed by atoms with van der Waals surface area (Å²) in [7, 11) is 10.1. The van der Waals surface area contributed by atoms with Gasteiger partial charge in [0.1, 0.15) is 66.1 Å². The summed E-state index contributed by atoms with van der Waals surface area (Å²) in [6.45, 7) is 34.5. The molecule has 1 heterocycles. The molecule has 24 heteroatoms. The second-order valence-corrected chi connectivity index (χ2v) is 28.0. The summed E-state index contributed by atoms with van der Waals surface area (Å²) in [5.74, 6) is -9.09. The van der Waals surface area contributed by atoms with Gasteiger partial charge < -0.3 is 60.9 Å². The van der Waals surface area contributed by atoms with Gasteiger partial charge in [-0.15, -0.1) is 0 Å². The number of unbranched alkanes of at least 4 members (excludes halogenated alkanes) is 3. The van der Waals surface area contributed by atoms with Gasteiger partial charge in [0.2, 0.25) is 65.0 Å². The second kappa shape index (κ2) is 38.4. The number of nitrogens with zero attached hydrogens (tertiary/aromatic N) is 7. The Balaban J connectivity index is 4.31. The lowest BCUT2D eigenvalue weighted by Crippen LogP contribution is -2.61.